The Bertz CT molecular complexity index is 814. The van der Waals surface area contributed by atoms with Crippen LogP contribution >= 0.6 is 11.3 Å². The summed E-state index contributed by atoms with van der Waals surface area (Å²) >= 11 is 1.37. The molecule has 3 aromatic rings. The zero-order valence-electron chi connectivity index (χ0n) is 12.9. The minimum Gasteiger partial charge on any atom is -0.459 e. The number of carbonyl (C=O) groups is 1. The van der Waals surface area contributed by atoms with Gasteiger partial charge < -0.3 is 10.5 Å². The first-order valence-corrected chi connectivity index (χ1v) is 8.34. The lowest BCUT2D eigenvalue weighted by molar-refractivity contribution is 0.0325. The van der Waals surface area contributed by atoms with E-state index >= 15 is 0 Å². The van der Waals surface area contributed by atoms with Crippen molar-refractivity contribution in [2.75, 3.05) is 5.73 Å². The number of aromatic nitrogens is 1. The van der Waals surface area contributed by atoms with E-state index in [1.165, 1.54) is 16.9 Å². The van der Waals surface area contributed by atoms with Gasteiger partial charge in [0.15, 0.2) is 5.13 Å². The van der Waals surface area contributed by atoms with Gasteiger partial charge in [-0.15, -0.1) is 0 Å². The van der Waals surface area contributed by atoms with Crippen molar-refractivity contribution in [3.8, 4) is 0 Å². The third-order valence-electron chi connectivity index (χ3n) is 3.63. The second-order valence-electron chi connectivity index (χ2n) is 5.47. The summed E-state index contributed by atoms with van der Waals surface area (Å²) in [6, 6.07) is 15.5. The molecule has 2 aromatic carbocycles. The van der Waals surface area contributed by atoms with Gasteiger partial charge in [0.2, 0.25) is 0 Å². The lowest BCUT2D eigenvalue weighted by Gasteiger charge is -2.13. The summed E-state index contributed by atoms with van der Waals surface area (Å²) in [4.78, 5) is 16.4. The van der Waals surface area contributed by atoms with Crippen LogP contribution in [0.25, 0.3) is 10.2 Å². The second kappa shape index (κ2) is 6.79. The molecule has 0 unspecified atom stereocenters. The number of aryl methyl sites for hydroxylation is 1. The van der Waals surface area contributed by atoms with Crippen LogP contribution < -0.4 is 5.73 Å². The molecule has 2 N–H and O–H groups in total. The van der Waals surface area contributed by atoms with Crippen molar-refractivity contribution in [3.63, 3.8) is 0 Å². The summed E-state index contributed by atoms with van der Waals surface area (Å²) in [7, 11) is 0. The fourth-order valence-electron chi connectivity index (χ4n) is 2.39. The SMILES string of the molecule is C[C@H](CCc1ccccc1)OC(=O)c1ccc2nc(N)sc2c1. The average molecular weight is 326 g/mol. The maximum absolute atomic E-state index is 12.2. The Morgan fingerprint density at radius 2 is 2.04 bits per heavy atom. The number of anilines is 1. The number of nitrogens with zero attached hydrogens (tertiary/aromatic N) is 1. The molecular weight excluding hydrogens is 308 g/mol. The fraction of sp³-hybridized carbons (Fsp3) is 0.222. The molecule has 3 rings (SSSR count). The van der Waals surface area contributed by atoms with Gasteiger partial charge in [-0.3, -0.25) is 0 Å². The van der Waals surface area contributed by atoms with Crippen molar-refractivity contribution in [3.05, 3.63) is 59.7 Å². The number of ether oxygens (including phenoxy) is 1. The van der Waals surface area contributed by atoms with Crippen molar-refractivity contribution < 1.29 is 9.53 Å². The van der Waals surface area contributed by atoms with Crippen molar-refractivity contribution in [2.45, 2.75) is 25.9 Å². The molecule has 1 aromatic heterocycles. The molecule has 0 fully saturated rings. The lowest BCUT2D eigenvalue weighted by Crippen LogP contribution is -2.15. The Morgan fingerprint density at radius 3 is 2.83 bits per heavy atom. The molecule has 0 saturated carbocycles. The van der Waals surface area contributed by atoms with E-state index in [9.17, 15) is 4.79 Å². The monoisotopic (exact) mass is 326 g/mol. The fourth-order valence-corrected chi connectivity index (χ4v) is 3.17. The summed E-state index contributed by atoms with van der Waals surface area (Å²) in [5.74, 6) is -0.306. The molecule has 0 aliphatic rings. The minimum absolute atomic E-state index is 0.134. The molecule has 0 radical (unpaired) electrons. The second-order valence-corrected chi connectivity index (χ2v) is 6.54. The van der Waals surface area contributed by atoms with Crippen molar-refractivity contribution in [1.29, 1.82) is 0 Å². The summed E-state index contributed by atoms with van der Waals surface area (Å²) in [6.45, 7) is 1.92. The van der Waals surface area contributed by atoms with Gasteiger partial charge in [-0.2, -0.15) is 0 Å². The number of benzene rings is 2. The van der Waals surface area contributed by atoms with Gasteiger partial charge in [0, 0.05) is 0 Å². The van der Waals surface area contributed by atoms with E-state index in [4.69, 9.17) is 10.5 Å². The van der Waals surface area contributed by atoms with E-state index in [-0.39, 0.29) is 12.1 Å². The molecule has 118 valence electrons. The number of carbonyl (C=O) groups excluding carboxylic acids is 1. The summed E-state index contributed by atoms with van der Waals surface area (Å²) in [5.41, 5.74) is 8.27. The minimum atomic E-state index is -0.306. The summed E-state index contributed by atoms with van der Waals surface area (Å²) in [6.07, 6.45) is 1.55. The van der Waals surface area contributed by atoms with E-state index in [0.717, 1.165) is 23.1 Å². The van der Waals surface area contributed by atoms with Crippen LogP contribution in [0.5, 0.6) is 0 Å². The van der Waals surface area contributed by atoms with Crippen molar-refractivity contribution in [2.24, 2.45) is 0 Å². The number of hydrogen-bond donors (Lipinski definition) is 1. The van der Waals surface area contributed by atoms with E-state index in [1.807, 2.05) is 25.1 Å². The number of nitrogen functional groups attached to an aromatic ring is 1. The van der Waals surface area contributed by atoms with Gasteiger partial charge in [-0.05, 0) is 43.5 Å². The lowest BCUT2D eigenvalue weighted by atomic mass is 10.1. The predicted octanol–water partition coefficient (Wildman–Crippen LogP) is 4.06. The maximum atomic E-state index is 12.2. The molecule has 1 heterocycles. The normalized spacial score (nSPS) is 12.2. The van der Waals surface area contributed by atoms with E-state index in [1.54, 1.807) is 18.2 Å². The Balaban J connectivity index is 1.60. The zero-order chi connectivity index (χ0) is 16.2. The molecule has 0 saturated heterocycles. The molecule has 0 spiro atoms. The van der Waals surface area contributed by atoms with Crippen LogP contribution in [0, 0.1) is 0 Å². The predicted molar refractivity (Wildman–Crippen MR) is 93.7 cm³/mol. The van der Waals surface area contributed by atoms with Crippen LogP contribution in [0.15, 0.2) is 48.5 Å². The zero-order valence-corrected chi connectivity index (χ0v) is 13.7. The number of esters is 1. The van der Waals surface area contributed by atoms with Crippen molar-refractivity contribution in [1.82, 2.24) is 4.98 Å². The Labute approximate surface area is 138 Å². The number of rotatable bonds is 5. The highest BCUT2D eigenvalue weighted by Crippen LogP contribution is 2.25. The molecule has 1 atom stereocenters. The number of nitrogens with two attached hydrogens (primary N) is 1. The third kappa shape index (κ3) is 3.87. The Hall–Kier alpha value is -2.40. The van der Waals surface area contributed by atoms with Crippen molar-refractivity contribution >= 4 is 32.7 Å². The molecule has 0 aliphatic carbocycles. The van der Waals surface area contributed by atoms with Gasteiger partial charge in [-0.1, -0.05) is 41.7 Å². The topological polar surface area (TPSA) is 65.2 Å². The Morgan fingerprint density at radius 1 is 1.26 bits per heavy atom. The third-order valence-corrected chi connectivity index (χ3v) is 4.48. The van der Waals surface area contributed by atoms with Crippen LogP contribution in [-0.4, -0.2) is 17.1 Å². The van der Waals surface area contributed by atoms with Gasteiger partial charge >= 0.3 is 5.97 Å². The molecule has 0 aliphatic heterocycles. The highest BCUT2D eigenvalue weighted by atomic mass is 32.1. The highest BCUT2D eigenvalue weighted by Gasteiger charge is 2.13. The first kappa shape index (κ1) is 15.5. The highest BCUT2D eigenvalue weighted by molar-refractivity contribution is 7.22. The molecule has 5 heteroatoms. The number of fused-ring (bicyclic) bond motifs is 1. The molecule has 0 bridgehead atoms. The quantitative estimate of drug-likeness (QED) is 0.718. The van der Waals surface area contributed by atoms with Crippen LogP contribution in [0.3, 0.4) is 0 Å². The molecule has 23 heavy (non-hydrogen) atoms. The van der Waals surface area contributed by atoms with Gasteiger partial charge in [0.25, 0.3) is 0 Å². The van der Waals surface area contributed by atoms with Gasteiger partial charge in [0.05, 0.1) is 21.9 Å². The van der Waals surface area contributed by atoms with Gasteiger partial charge in [0.1, 0.15) is 0 Å². The van der Waals surface area contributed by atoms with Crippen LogP contribution in [-0.2, 0) is 11.2 Å². The summed E-state index contributed by atoms with van der Waals surface area (Å²) in [5, 5.41) is 0.502. The smallest absolute Gasteiger partial charge is 0.338 e. The van der Waals surface area contributed by atoms with Gasteiger partial charge in [-0.25, -0.2) is 9.78 Å². The number of hydrogen-bond acceptors (Lipinski definition) is 5. The first-order valence-electron chi connectivity index (χ1n) is 7.53. The standard InChI is InChI=1S/C18H18N2O2S/c1-12(7-8-13-5-3-2-4-6-13)22-17(21)14-9-10-15-16(11-14)23-18(19)20-15/h2-6,9-12H,7-8H2,1H3,(H2,19,20)/t12-/m1/s1. The average Bonchev–Trinajstić information content (AvgIpc) is 2.93. The molecular formula is C18H18N2O2S. The Kier molecular flexibility index (Phi) is 4.57. The van der Waals surface area contributed by atoms with Crippen LogP contribution in [0.2, 0.25) is 0 Å². The summed E-state index contributed by atoms with van der Waals surface area (Å²) < 4.78 is 6.43. The largest absolute Gasteiger partial charge is 0.459 e. The maximum Gasteiger partial charge on any atom is 0.338 e. The number of thiazole rings is 1. The molecule has 4 nitrogen and oxygen atoms in total. The van der Waals surface area contributed by atoms with E-state index in [0.29, 0.717) is 10.7 Å². The van der Waals surface area contributed by atoms with E-state index in [2.05, 4.69) is 17.1 Å². The van der Waals surface area contributed by atoms with Crippen LogP contribution in [0.4, 0.5) is 5.13 Å². The first-order chi connectivity index (χ1) is 11.1. The van der Waals surface area contributed by atoms with Crippen LogP contribution in [0.1, 0.15) is 29.3 Å². The molecule has 0 amide bonds. The van der Waals surface area contributed by atoms with E-state index < -0.39 is 0 Å².